The van der Waals surface area contributed by atoms with Crippen LogP contribution < -0.4 is 5.32 Å². The third-order valence-electron chi connectivity index (χ3n) is 2.66. The second kappa shape index (κ2) is 6.36. The monoisotopic (exact) mass is 415 g/mol. The average Bonchev–Trinajstić information content (AvgIpc) is 2.43. The predicted molar refractivity (Wildman–Crippen MR) is 83.2 cm³/mol. The fourth-order valence-corrected chi connectivity index (χ4v) is 2.47. The molecule has 0 unspecified atom stereocenters. The van der Waals surface area contributed by atoms with Gasteiger partial charge in [-0.1, -0.05) is 22.0 Å². The number of para-hydroxylation sites is 1. The number of rotatable bonds is 3. The average molecular weight is 417 g/mol. The van der Waals surface area contributed by atoms with E-state index in [0.717, 1.165) is 6.07 Å². The quantitative estimate of drug-likeness (QED) is 0.783. The minimum atomic E-state index is -1.32. The summed E-state index contributed by atoms with van der Waals surface area (Å²) in [5.41, 5.74) is -0.416. The maximum atomic E-state index is 13.8. The zero-order valence-corrected chi connectivity index (χ0v) is 13.5. The molecule has 0 aliphatic rings. The molecule has 0 saturated carbocycles. The Morgan fingerprint density at radius 3 is 2.48 bits per heavy atom. The van der Waals surface area contributed by atoms with Crippen LogP contribution in [0, 0.1) is 5.82 Å². The highest BCUT2D eigenvalue weighted by atomic mass is 79.9. The molecule has 0 aromatic heterocycles. The molecule has 2 aromatic rings. The third-order valence-corrected chi connectivity index (χ3v) is 3.84. The first kappa shape index (κ1) is 15.7. The second-order valence-corrected chi connectivity index (χ2v) is 5.82. The predicted octanol–water partition coefficient (Wildman–Crippen LogP) is 4.30. The van der Waals surface area contributed by atoms with E-state index < -0.39 is 17.7 Å². The van der Waals surface area contributed by atoms with Gasteiger partial charge in [-0.05, 0) is 46.3 Å². The maximum absolute atomic E-state index is 13.8. The van der Waals surface area contributed by atoms with Gasteiger partial charge in [-0.25, -0.2) is 9.18 Å². The van der Waals surface area contributed by atoms with Crippen LogP contribution in [0.3, 0.4) is 0 Å². The van der Waals surface area contributed by atoms with Crippen LogP contribution in [-0.4, -0.2) is 17.0 Å². The third kappa shape index (κ3) is 3.48. The highest BCUT2D eigenvalue weighted by Gasteiger charge is 2.18. The molecular formula is C14H8Br2FNO3. The minimum absolute atomic E-state index is 0.254. The molecule has 2 aromatic carbocycles. The Morgan fingerprint density at radius 2 is 1.81 bits per heavy atom. The summed E-state index contributed by atoms with van der Waals surface area (Å²) in [6, 6.07) is 8.49. The summed E-state index contributed by atoms with van der Waals surface area (Å²) < 4.78 is 14.9. The lowest BCUT2D eigenvalue weighted by atomic mass is 10.1. The van der Waals surface area contributed by atoms with E-state index in [2.05, 4.69) is 37.2 Å². The van der Waals surface area contributed by atoms with Gasteiger partial charge < -0.3 is 10.4 Å². The number of carboxylic acids is 1. The number of anilines is 1. The number of carbonyl (C=O) groups is 2. The molecule has 2 rings (SSSR count). The van der Waals surface area contributed by atoms with Crippen LogP contribution >= 0.6 is 31.9 Å². The Bertz CT molecular complexity index is 734. The summed E-state index contributed by atoms with van der Waals surface area (Å²) in [6.45, 7) is 0. The van der Waals surface area contributed by atoms with E-state index in [1.54, 1.807) is 18.2 Å². The van der Waals surface area contributed by atoms with Crippen LogP contribution in [0.1, 0.15) is 20.7 Å². The molecule has 0 saturated heterocycles. The molecule has 0 atom stereocenters. The molecule has 108 valence electrons. The molecule has 7 heteroatoms. The molecule has 1 amide bonds. The number of nitrogens with one attached hydrogen (secondary N) is 1. The van der Waals surface area contributed by atoms with Crippen molar-refractivity contribution in [2.75, 3.05) is 5.32 Å². The van der Waals surface area contributed by atoms with Crippen LogP contribution in [0.4, 0.5) is 10.1 Å². The molecule has 2 N–H and O–H groups in total. The van der Waals surface area contributed by atoms with E-state index in [-0.39, 0.29) is 16.8 Å². The zero-order valence-electron chi connectivity index (χ0n) is 10.4. The van der Waals surface area contributed by atoms with Crippen molar-refractivity contribution in [1.82, 2.24) is 0 Å². The second-order valence-electron chi connectivity index (χ2n) is 4.05. The number of halogens is 3. The molecule has 4 nitrogen and oxygen atoms in total. The van der Waals surface area contributed by atoms with Crippen LogP contribution in [0.15, 0.2) is 45.3 Å². The maximum Gasteiger partial charge on any atom is 0.337 e. The summed E-state index contributed by atoms with van der Waals surface area (Å²) in [7, 11) is 0. The van der Waals surface area contributed by atoms with Crippen molar-refractivity contribution in [3.8, 4) is 0 Å². The van der Waals surface area contributed by atoms with Gasteiger partial charge in [0.1, 0.15) is 5.82 Å². The van der Waals surface area contributed by atoms with Crippen molar-refractivity contribution in [2.24, 2.45) is 0 Å². The van der Waals surface area contributed by atoms with Crippen LogP contribution in [-0.2, 0) is 0 Å². The van der Waals surface area contributed by atoms with Crippen molar-refractivity contribution < 1.29 is 19.1 Å². The van der Waals surface area contributed by atoms with E-state index in [1.165, 1.54) is 12.1 Å². The lowest BCUT2D eigenvalue weighted by Gasteiger charge is -2.10. The Hall–Kier alpha value is -1.73. The van der Waals surface area contributed by atoms with Crippen LogP contribution in [0.25, 0.3) is 0 Å². The van der Waals surface area contributed by atoms with Gasteiger partial charge in [-0.3, -0.25) is 4.79 Å². The van der Waals surface area contributed by atoms with Gasteiger partial charge in [0.25, 0.3) is 5.91 Å². The lowest BCUT2D eigenvalue weighted by Crippen LogP contribution is -2.16. The number of carboxylic acid groups (broad SMARTS) is 1. The highest BCUT2D eigenvalue weighted by Crippen LogP contribution is 2.25. The molecule has 0 aliphatic carbocycles. The van der Waals surface area contributed by atoms with Gasteiger partial charge in [-0.2, -0.15) is 0 Å². The standard InChI is InChI=1S/C14H8Br2FNO3/c15-7-4-5-10(16)9(6-7)13(19)18-12-8(14(20)21)2-1-3-11(12)17/h1-6H,(H,18,19)(H,20,21). The van der Waals surface area contributed by atoms with E-state index in [4.69, 9.17) is 5.11 Å². The van der Waals surface area contributed by atoms with Crippen LogP contribution in [0.5, 0.6) is 0 Å². The smallest absolute Gasteiger partial charge is 0.337 e. The molecule has 0 heterocycles. The van der Waals surface area contributed by atoms with Crippen LogP contribution in [0.2, 0.25) is 0 Å². The van der Waals surface area contributed by atoms with E-state index in [9.17, 15) is 14.0 Å². The summed E-state index contributed by atoms with van der Waals surface area (Å²) in [4.78, 5) is 23.3. The zero-order chi connectivity index (χ0) is 15.6. The van der Waals surface area contributed by atoms with Crippen molar-refractivity contribution in [3.63, 3.8) is 0 Å². The van der Waals surface area contributed by atoms with E-state index >= 15 is 0 Å². The van der Waals surface area contributed by atoms with Crippen molar-refractivity contribution >= 4 is 49.4 Å². The highest BCUT2D eigenvalue weighted by molar-refractivity contribution is 9.11. The number of hydrogen-bond acceptors (Lipinski definition) is 2. The summed E-state index contributed by atoms with van der Waals surface area (Å²) >= 11 is 6.45. The van der Waals surface area contributed by atoms with Crippen molar-refractivity contribution in [3.05, 3.63) is 62.3 Å². The summed E-state index contributed by atoms with van der Waals surface area (Å²) in [5.74, 6) is -2.75. The fourth-order valence-electron chi connectivity index (χ4n) is 1.68. The van der Waals surface area contributed by atoms with Gasteiger partial charge in [0.05, 0.1) is 16.8 Å². The summed E-state index contributed by atoms with van der Waals surface area (Å²) in [5, 5.41) is 11.3. The Kier molecular flexibility index (Phi) is 4.74. The first-order chi connectivity index (χ1) is 9.90. The number of benzene rings is 2. The number of amides is 1. The first-order valence-electron chi connectivity index (χ1n) is 5.68. The van der Waals surface area contributed by atoms with Gasteiger partial charge in [0.2, 0.25) is 0 Å². The topological polar surface area (TPSA) is 66.4 Å². The van der Waals surface area contributed by atoms with Gasteiger partial charge in [-0.15, -0.1) is 0 Å². The summed E-state index contributed by atoms with van der Waals surface area (Å²) in [6.07, 6.45) is 0. The lowest BCUT2D eigenvalue weighted by molar-refractivity contribution is 0.0697. The Labute approximate surface area is 136 Å². The number of carbonyl (C=O) groups excluding carboxylic acids is 1. The Balaban J connectivity index is 2.41. The Morgan fingerprint density at radius 1 is 1.10 bits per heavy atom. The number of hydrogen-bond donors (Lipinski definition) is 2. The normalized spacial score (nSPS) is 10.2. The van der Waals surface area contributed by atoms with E-state index in [1.807, 2.05) is 0 Å². The number of aromatic carboxylic acids is 1. The van der Waals surface area contributed by atoms with Gasteiger partial charge in [0.15, 0.2) is 0 Å². The molecule has 0 aliphatic heterocycles. The van der Waals surface area contributed by atoms with E-state index in [0.29, 0.717) is 8.95 Å². The van der Waals surface area contributed by atoms with Crippen molar-refractivity contribution in [1.29, 1.82) is 0 Å². The molecular weight excluding hydrogens is 409 g/mol. The fraction of sp³-hybridized carbons (Fsp3) is 0. The largest absolute Gasteiger partial charge is 0.478 e. The first-order valence-corrected chi connectivity index (χ1v) is 7.27. The molecule has 0 bridgehead atoms. The SMILES string of the molecule is O=C(Nc1c(F)cccc1C(=O)O)c1cc(Br)ccc1Br. The van der Waals surface area contributed by atoms with Gasteiger partial charge >= 0.3 is 5.97 Å². The molecule has 0 fully saturated rings. The minimum Gasteiger partial charge on any atom is -0.478 e. The molecule has 0 radical (unpaired) electrons. The molecule has 21 heavy (non-hydrogen) atoms. The van der Waals surface area contributed by atoms with Crippen molar-refractivity contribution in [2.45, 2.75) is 0 Å². The van der Waals surface area contributed by atoms with Gasteiger partial charge in [0, 0.05) is 8.95 Å². The molecule has 0 spiro atoms.